The van der Waals surface area contributed by atoms with Crippen LogP contribution in [0, 0.1) is 11.2 Å². The van der Waals surface area contributed by atoms with Gasteiger partial charge in [-0.1, -0.05) is 19.1 Å². The lowest BCUT2D eigenvalue weighted by molar-refractivity contribution is -0.126. The van der Waals surface area contributed by atoms with Gasteiger partial charge in [0.2, 0.25) is 5.91 Å². The fourth-order valence-electron chi connectivity index (χ4n) is 2.34. The summed E-state index contributed by atoms with van der Waals surface area (Å²) in [4.78, 5) is 24.9. The second-order valence-electron chi connectivity index (χ2n) is 5.73. The van der Waals surface area contributed by atoms with Gasteiger partial charge in [-0.15, -0.1) is 11.3 Å². The second kappa shape index (κ2) is 6.40. The molecule has 1 amide bonds. The number of nitrogens with two attached hydrogens (primary N) is 1. The number of carbonyl (C=O) groups is 2. The highest BCUT2D eigenvalue weighted by Gasteiger charge is 2.32. The lowest BCUT2D eigenvalue weighted by Gasteiger charge is -2.25. The third-order valence-corrected chi connectivity index (χ3v) is 4.86. The molecule has 5 heteroatoms. The van der Waals surface area contributed by atoms with E-state index in [2.05, 4.69) is 0 Å². The van der Waals surface area contributed by atoms with Crippen LogP contribution >= 0.6 is 11.3 Å². The maximum atomic E-state index is 13.0. The van der Waals surface area contributed by atoms with Crippen molar-refractivity contribution >= 4 is 23.0 Å². The zero-order chi connectivity index (χ0) is 16.3. The van der Waals surface area contributed by atoms with Crippen LogP contribution in [0.1, 0.15) is 34.0 Å². The lowest BCUT2D eigenvalue weighted by atomic mass is 9.79. The minimum absolute atomic E-state index is 0.00978. The highest BCUT2D eigenvalue weighted by molar-refractivity contribution is 7.14. The molecule has 0 saturated carbocycles. The van der Waals surface area contributed by atoms with Crippen LogP contribution in [-0.4, -0.2) is 11.7 Å². The third-order valence-electron chi connectivity index (χ3n) is 3.68. The number of halogens is 1. The molecule has 3 nitrogen and oxygen atoms in total. The van der Waals surface area contributed by atoms with Gasteiger partial charge in [0.25, 0.3) is 0 Å². The van der Waals surface area contributed by atoms with Crippen molar-refractivity contribution in [2.24, 2.45) is 11.1 Å². The Morgan fingerprint density at radius 1 is 1.14 bits per heavy atom. The van der Waals surface area contributed by atoms with Gasteiger partial charge in [-0.3, -0.25) is 9.59 Å². The average Bonchev–Trinajstić information content (AvgIpc) is 2.90. The molecule has 2 rings (SSSR count). The van der Waals surface area contributed by atoms with Crippen LogP contribution < -0.4 is 5.73 Å². The molecule has 22 heavy (non-hydrogen) atoms. The largest absolute Gasteiger partial charge is 0.369 e. The molecule has 1 atom stereocenters. The van der Waals surface area contributed by atoms with E-state index >= 15 is 0 Å². The van der Waals surface area contributed by atoms with Crippen molar-refractivity contribution in [3.05, 3.63) is 57.5 Å². The Morgan fingerprint density at radius 3 is 2.27 bits per heavy atom. The van der Waals surface area contributed by atoms with E-state index in [1.165, 1.54) is 30.4 Å². The van der Waals surface area contributed by atoms with E-state index in [-0.39, 0.29) is 11.6 Å². The average molecular weight is 319 g/mol. The second-order valence-corrected chi connectivity index (χ2v) is 6.90. The van der Waals surface area contributed by atoms with Crippen molar-refractivity contribution in [1.29, 1.82) is 0 Å². The summed E-state index contributed by atoms with van der Waals surface area (Å²) in [5.74, 6) is -0.709. The van der Waals surface area contributed by atoms with E-state index in [4.69, 9.17) is 5.73 Å². The molecule has 0 bridgehead atoms. The van der Waals surface area contributed by atoms with Crippen LogP contribution in [0.3, 0.4) is 0 Å². The lowest BCUT2D eigenvalue weighted by Crippen LogP contribution is -2.38. The highest BCUT2D eigenvalue weighted by atomic mass is 32.1. The Labute approximate surface area is 133 Å². The maximum absolute atomic E-state index is 13.0. The molecular formula is C17H18FNO2S. The molecule has 1 heterocycles. The molecule has 0 aliphatic heterocycles. The number of ketones is 1. The highest BCUT2D eigenvalue weighted by Crippen LogP contribution is 2.30. The Hall–Kier alpha value is -2.01. The Balaban J connectivity index is 2.21. The van der Waals surface area contributed by atoms with Gasteiger partial charge in [-0.05, 0) is 49.6 Å². The number of Topliss-reactive ketones (excluding diaryl/α,β-unsaturated/α-hetero) is 1. The summed E-state index contributed by atoms with van der Waals surface area (Å²) in [6, 6.07) is 9.68. The number of benzene rings is 1. The Bertz CT molecular complexity index is 693. The van der Waals surface area contributed by atoms with E-state index in [1.807, 2.05) is 6.07 Å². The van der Waals surface area contributed by atoms with E-state index in [1.54, 1.807) is 25.1 Å². The zero-order valence-electron chi connectivity index (χ0n) is 12.6. The molecule has 0 aliphatic carbocycles. The predicted octanol–water partition coefficient (Wildman–Crippen LogP) is 3.37. The fourth-order valence-corrected chi connectivity index (χ4v) is 3.43. The molecule has 0 radical (unpaired) electrons. The molecule has 0 spiro atoms. The first kappa shape index (κ1) is 16.4. The Morgan fingerprint density at radius 2 is 1.77 bits per heavy atom. The number of primary amides is 1. The molecule has 2 N–H and O–H groups in total. The first-order valence-electron chi connectivity index (χ1n) is 6.94. The molecule has 1 aromatic carbocycles. The van der Waals surface area contributed by atoms with E-state index in [0.29, 0.717) is 17.7 Å². The molecule has 1 unspecified atom stereocenters. The van der Waals surface area contributed by atoms with Crippen molar-refractivity contribution < 1.29 is 14.0 Å². The van der Waals surface area contributed by atoms with Crippen molar-refractivity contribution in [1.82, 2.24) is 0 Å². The normalized spacial score (nSPS) is 13.6. The number of amides is 1. The number of hydrogen-bond donors (Lipinski definition) is 1. The van der Waals surface area contributed by atoms with E-state index in [0.717, 1.165) is 10.4 Å². The maximum Gasteiger partial charge on any atom is 0.224 e. The molecule has 116 valence electrons. The van der Waals surface area contributed by atoms with Gasteiger partial charge in [0.05, 0.1) is 10.3 Å². The summed E-state index contributed by atoms with van der Waals surface area (Å²) in [6.45, 7) is 3.31. The standard InChI is InChI=1S/C17H18FNO2S/c1-11(20)15-8-7-14(22-15)10-17(2,16(19)21)9-12-3-5-13(18)6-4-12/h3-8H,9-10H2,1-2H3,(H2,19,21). The van der Waals surface area contributed by atoms with E-state index in [9.17, 15) is 14.0 Å². The van der Waals surface area contributed by atoms with Crippen molar-refractivity contribution in [3.8, 4) is 0 Å². The quantitative estimate of drug-likeness (QED) is 0.830. The van der Waals surface area contributed by atoms with Gasteiger partial charge in [-0.2, -0.15) is 0 Å². The van der Waals surface area contributed by atoms with Gasteiger partial charge >= 0.3 is 0 Å². The fraction of sp³-hybridized carbons (Fsp3) is 0.294. The number of carbonyl (C=O) groups excluding carboxylic acids is 2. The number of thiophene rings is 1. The smallest absolute Gasteiger partial charge is 0.224 e. The molecule has 0 aliphatic rings. The van der Waals surface area contributed by atoms with Gasteiger partial charge in [0.15, 0.2) is 5.78 Å². The third kappa shape index (κ3) is 3.80. The van der Waals surface area contributed by atoms with Crippen molar-refractivity contribution in [2.75, 3.05) is 0 Å². The monoisotopic (exact) mass is 319 g/mol. The van der Waals surface area contributed by atoms with E-state index < -0.39 is 11.3 Å². The summed E-state index contributed by atoms with van der Waals surface area (Å²) in [6.07, 6.45) is 0.883. The molecule has 1 aromatic heterocycles. The zero-order valence-corrected chi connectivity index (χ0v) is 13.4. The first-order valence-corrected chi connectivity index (χ1v) is 7.76. The van der Waals surface area contributed by atoms with Crippen molar-refractivity contribution in [3.63, 3.8) is 0 Å². The summed E-state index contributed by atoms with van der Waals surface area (Å²) in [5, 5.41) is 0. The molecule has 0 saturated heterocycles. The van der Waals surface area contributed by atoms with Crippen LogP contribution in [0.5, 0.6) is 0 Å². The Kier molecular flexibility index (Phi) is 4.76. The minimum Gasteiger partial charge on any atom is -0.369 e. The number of hydrogen-bond acceptors (Lipinski definition) is 3. The van der Waals surface area contributed by atoms with Crippen LogP contribution in [0.15, 0.2) is 36.4 Å². The summed E-state index contributed by atoms with van der Waals surface area (Å²) < 4.78 is 13.0. The van der Waals surface area contributed by atoms with Crippen molar-refractivity contribution in [2.45, 2.75) is 26.7 Å². The topological polar surface area (TPSA) is 60.2 Å². The number of rotatable bonds is 6. The van der Waals surface area contributed by atoms with Gasteiger partial charge < -0.3 is 5.73 Å². The van der Waals surface area contributed by atoms with Crippen LogP contribution in [0.4, 0.5) is 4.39 Å². The first-order chi connectivity index (χ1) is 10.3. The van der Waals surface area contributed by atoms with Crippen LogP contribution in [0.25, 0.3) is 0 Å². The molecule has 0 fully saturated rings. The summed E-state index contributed by atoms with van der Waals surface area (Å²) in [5.41, 5.74) is 5.66. The van der Waals surface area contributed by atoms with Gasteiger partial charge in [0.1, 0.15) is 5.82 Å². The minimum atomic E-state index is -0.781. The van der Waals surface area contributed by atoms with Gasteiger partial charge in [-0.25, -0.2) is 4.39 Å². The summed E-state index contributed by atoms with van der Waals surface area (Å²) in [7, 11) is 0. The molecular weight excluding hydrogens is 301 g/mol. The SMILES string of the molecule is CC(=O)c1ccc(CC(C)(Cc2ccc(F)cc2)C(N)=O)s1. The molecule has 2 aromatic rings. The predicted molar refractivity (Wildman–Crippen MR) is 85.4 cm³/mol. The van der Waals surface area contributed by atoms with Crippen LogP contribution in [-0.2, 0) is 17.6 Å². The summed E-state index contributed by atoms with van der Waals surface area (Å²) >= 11 is 1.38. The van der Waals surface area contributed by atoms with Gasteiger partial charge in [0, 0.05) is 4.88 Å². The van der Waals surface area contributed by atoms with Crippen LogP contribution in [0.2, 0.25) is 0 Å².